The Morgan fingerprint density at radius 3 is 2.11 bits per heavy atom. The van der Waals surface area contributed by atoms with Crippen LogP contribution in [0.2, 0.25) is 0 Å². The summed E-state index contributed by atoms with van der Waals surface area (Å²) in [5, 5.41) is 18.6. The predicted molar refractivity (Wildman–Crippen MR) is 32.8 cm³/mol. The van der Waals surface area contributed by atoms with Gasteiger partial charge in [0.2, 0.25) is 0 Å². The summed E-state index contributed by atoms with van der Waals surface area (Å²) >= 11 is 0. The summed E-state index contributed by atoms with van der Waals surface area (Å²) in [6.45, 7) is 0. The molecule has 0 aromatic carbocycles. The molecule has 2 rings (SSSR count). The van der Waals surface area contributed by atoms with Crippen LogP contribution in [-0.2, 0) is 0 Å². The maximum Gasteiger partial charge on any atom is 0.0622 e. The third-order valence-corrected chi connectivity index (χ3v) is 2.83. The van der Waals surface area contributed by atoms with E-state index in [2.05, 4.69) is 0 Å². The topological polar surface area (TPSA) is 40.5 Å². The van der Waals surface area contributed by atoms with Crippen LogP contribution in [0.3, 0.4) is 0 Å². The molecule has 2 N–H and O–H groups in total. The quantitative estimate of drug-likeness (QED) is 0.487. The highest BCUT2D eigenvalue weighted by Gasteiger charge is 2.46. The van der Waals surface area contributed by atoms with E-state index in [1.165, 1.54) is 0 Å². The van der Waals surface area contributed by atoms with E-state index in [0.717, 1.165) is 19.3 Å². The Kier molecular flexibility index (Phi) is 1.08. The van der Waals surface area contributed by atoms with Crippen molar-refractivity contribution in [3.8, 4) is 0 Å². The zero-order valence-electron chi connectivity index (χ0n) is 5.33. The molecule has 2 aliphatic rings. The molecule has 4 atom stereocenters. The third kappa shape index (κ3) is 0.634. The summed E-state index contributed by atoms with van der Waals surface area (Å²) in [5.74, 6) is 0.639. The molecule has 9 heavy (non-hydrogen) atoms. The summed E-state index contributed by atoms with van der Waals surface area (Å²) in [6, 6.07) is 0. The number of fused-ring (bicyclic) bond motifs is 2. The normalized spacial score (nSPS) is 56.7. The van der Waals surface area contributed by atoms with Gasteiger partial charge in [0.15, 0.2) is 0 Å². The van der Waals surface area contributed by atoms with Gasteiger partial charge in [0.25, 0.3) is 0 Å². The zero-order valence-corrected chi connectivity index (χ0v) is 5.33. The number of aliphatic hydroxyl groups excluding tert-OH is 2. The van der Waals surface area contributed by atoms with Crippen LogP contribution < -0.4 is 0 Å². The lowest BCUT2D eigenvalue weighted by molar-refractivity contribution is 0.0738. The van der Waals surface area contributed by atoms with Crippen LogP contribution in [0.15, 0.2) is 0 Å². The van der Waals surface area contributed by atoms with Crippen LogP contribution in [0.5, 0.6) is 0 Å². The first-order valence-corrected chi connectivity index (χ1v) is 3.65. The molecule has 52 valence electrons. The summed E-state index contributed by atoms with van der Waals surface area (Å²) in [7, 11) is 0. The molecular weight excluding hydrogens is 116 g/mol. The summed E-state index contributed by atoms with van der Waals surface area (Å²) in [6.07, 6.45) is 2.63. The van der Waals surface area contributed by atoms with Crippen LogP contribution in [0.1, 0.15) is 19.3 Å². The molecule has 2 saturated carbocycles. The second-order valence-corrected chi connectivity index (χ2v) is 3.29. The lowest BCUT2D eigenvalue weighted by Gasteiger charge is -2.13. The lowest BCUT2D eigenvalue weighted by atomic mass is 9.98. The number of rotatable bonds is 0. The highest BCUT2D eigenvalue weighted by molar-refractivity contribution is 4.96. The maximum atomic E-state index is 9.34. The molecule has 0 radical (unpaired) electrons. The number of hydrogen-bond acceptors (Lipinski definition) is 2. The van der Waals surface area contributed by atoms with Crippen LogP contribution in [0.25, 0.3) is 0 Å². The minimum Gasteiger partial charge on any atom is -0.393 e. The number of hydrogen-bond donors (Lipinski definition) is 2. The molecule has 0 aromatic rings. The Labute approximate surface area is 54.5 Å². The Morgan fingerprint density at radius 1 is 1.11 bits per heavy atom. The highest BCUT2D eigenvalue weighted by Crippen LogP contribution is 2.44. The molecule has 4 unspecified atom stereocenters. The Balaban J connectivity index is 2.16. The Bertz CT molecular complexity index is 124. The van der Waals surface area contributed by atoms with E-state index in [0.29, 0.717) is 5.92 Å². The van der Waals surface area contributed by atoms with Crippen molar-refractivity contribution in [3.63, 3.8) is 0 Å². The fraction of sp³-hybridized carbons (Fsp3) is 1.00. The van der Waals surface area contributed by atoms with Gasteiger partial charge in [-0.3, -0.25) is 0 Å². The third-order valence-electron chi connectivity index (χ3n) is 2.83. The van der Waals surface area contributed by atoms with Gasteiger partial charge in [0.05, 0.1) is 12.2 Å². The molecule has 2 fully saturated rings. The highest BCUT2D eigenvalue weighted by atomic mass is 16.3. The van der Waals surface area contributed by atoms with Gasteiger partial charge in [-0.15, -0.1) is 0 Å². The largest absolute Gasteiger partial charge is 0.393 e. The smallest absolute Gasteiger partial charge is 0.0622 e. The molecule has 0 heterocycles. The standard InChI is InChI=1S/C7H12O2/c8-6-3-4-1-2-5(6)7(4)9/h4-9H,1-3H2. The molecule has 2 heteroatoms. The summed E-state index contributed by atoms with van der Waals surface area (Å²) < 4.78 is 0. The first-order valence-electron chi connectivity index (χ1n) is 3.65. The minimum atomic E-state index is -0.196. The predicted octanol–water partition coefficient (Wildman–Crippen LogP) is 0.138. The summed E-state index contributed by atoms with van der Waals surface area (Å²) in [4.78, 5) is 0. The molecule has 0 saturated heterocycles. The second kappa shape index (κ2) is 1.70. The van der Waals surface area contributed by atoms with Crippen molar-refractivity contribution >= 4 is 0 Å². The van der Waals surface area contributed by atoms with E-state index in [1.54, 1.807) is 0 Å². The van der Waals surface area contributed by atoms with Gasteiger partial charge in [-0.05, 0) is 25.2 Å². The van der Waals surface area contributed by atoms with Crippen molar-refractivity contribution in [2.24, 2.45) is 11.8 Å². The van der Waals surface area contributed by atoms with Gasteiger partial charge in [0, 0.05) is 5.92 Å². The van der Waals surface area contributed by atoms with Crippen molar-refractivity contribution in [1.29, 1.82) is 0 Å². The van der Waals surface area contributed by atoms with Gasteiger partial charge in [-0.2, -0.15) is 0 Å². The van der Waals surface area contributed by atoms with Gasteiger partial charge >= 0.3 is 0 Å². The van der Waals surface area contributed by atoms with Crippen LogP contribution in [0.4, 0.5) is 0 Å². The molecular formula is C7H12O2. The van der Waals surface area contributed by atoms with Crippen molar-refractivity contribution in [2.75, 3.05) is 0 Å². The van der Waals surface area contributed by atoms with Crippen LogP contribution >= 0.6 is 0 Å². The average Bonchev–Trinajstić information content (AvgIpc) is 2.25. The SMILES string of the molecule is OC1CC2CCC1C2O. The Hall–Kier alpha value is -0.0800. The first-order chi connectivity index (χ1) is 4.29. The molecule has 0 spiro atoms. The van der Waals surface area contributed by atoms with E-state index >= 15 is 0 Å². The Morgan fingerprint density at radius 2 is 1.89 bits per heavy atom. The van der Waals surface area contributed by atoms with Gasteiger partial charge in [-0.1, -0.05) is 0 Å². The fourth-order valence-corrected chi connectivity index (χ4v) is 2.26. The molecule has 0 aromatic heterocycles. The second-order valence-electron chi connectivity index (χ2n) is 3.29. The maximum absolute atomic E-state index is 9.34. The molecule has 2 bridgehead atoms. The fourth-order valence-electron chi connectivity index (χ4n) is 2.26. The molecule has 0 aliphatic heterocycles. The average molecular weight is 128 g/mol. The molecule has 0 amide bonds. The monoisotopic (exact) mass is 128 g/mol. The zero-order chi connectivity index (χ0) is 6.43. The summed E-state index contributed by atoms with van der Waals surface area (Å²) in [5.41, 5.74) is 0. The molecule has 2 aliphatic carbocycles. The number of aliphatic hydroxyl groups is 2. The first kappa shape index (κ1) is 5.69. The van der Waals surface area contributed by atoms with Crippen molar-refractivity contribution in [1.82, 2.24) is 0 Å². The molecule has 2 nitrogen and oxygen atoms in total. The van der Waals surface area contributed by atoms with Gasteiger partial charge < -0.3 is 10.2 Å². The van der Waals surface area contributed by atoms with E-state index in [1.807, 2.05) is 0 Å². The lowest BCUT2D eigenvalue weighted by Crippen LogP contribution is -2.19. The van der Waals surface area contributed by atoms with Gasteiger partial charge in [-0.25, -0.2) is 0 Å². The van der Waals surface area contributed by atoms with Gasteiger partial charge in [0.1, 0.15) is 0 Å². The van der Waals surface area contributed by atoms with E-state index in [9.17, 15) is 10.2 Å². The van der Waals surface area contributed by atoms with Crippen LogP contribution in [-0.4, -0.2) is 22.4 Å². The van der Waals surface area contributed by atoms with Crippen LogP contribution in [0, 0.1) is 11.8 Å². The van der Waals surface area contributed by atoms with Crippen molar-refractivity contribution < 1.29 is 10.2 Å². The van der Waals surface area contributed by atoms with E-state index < -0.39 is 0 Å². The van der Waals surface area contributed by atoms with Crippen molar-refractivity contribution in [3.05, 3.63) is 0 Å². The van der Waals surface area contributed by atoms with E-state index in [-0.39, 0.29) is 18.1 Å². The van der Waals surface area contributed by atoms with Crippen molar-refractivity contribution in [2.45, 2.75) is 31.5 Å². The minimum absolute atomic E-state index is 0.181. The van der Waals surface area contributed by atoms with E-state index in [4.69, 9.17) is 0 Å².